The fraction of sp³-hybridized carbons (Fsp3) is 0.308. The molecule has 0 aliphatic rings. The molecule has 0 aliphatic carbocycles. The molecule has 16 heavy (non-hydrogen) atoms. The van der Waals surface area contributed by atoms with Crippen LogP contribution in [-0.4, -0.2) is 11.9 Å². The predicted octanol–water partition coefficient (Wildman–Crippen LogP) is 2.96. The summed E-state index contributed by atoms with van der Waals surface area (Å²) in [5.74, 6) is 0.229. The number of hydrogen-bond acceptors (Lipinski definition) is 2. The summed E-state index contributed by atoms with van der Waals surface area (Å²) in [7, 11) is 0. The van der Waals surface area contributed by atoms with Crippen LogP contribution in [0.4, 0.5) is 0 Å². The van der Waals surface area contributed by atoms with Crippen LogP contribution in [0.15, 0.2) is 34.7 Å². The first kappa shape index (κ1) is 10.7. The van der Waals surface area contributed by atoms with Gasteiger partial charge in [-0.2, -0.15) is 0 Å². The molecule has 3 nitrogen and oxygen atoms in total. The number of nitrogens with one attached hydrogen (secondary N) is 1. The van der Waals surface area contributed by atoms with Gasteiger partial charge < -0.3 is 9.73 Å². The number of para-hydroxylation sites is 1. The molecule has 2 aromatic rings. The molecule has 0 aliphatic heterocycles. The Morgan fingerprint density at radius 1 is 1.44 bits per heavy atom. The lowest BCUT2D eigenvalue weighted by Gasteiger charge is -2.08. The number of carbonyl (C=O) groups is 1. The maximum absolute atomic E-state index is 11.8. The molecule has 0 bridgehead atoms. The Bertz CT molecular complexity index is 468. The van der Waals surface area contributed by atoms with Crippen LogP contribution in [-0.2, 0) is 0 Å². The maximum Gasteiger partial charge on any atom is 0.287 e. The number of amides is 1. The lowest BCUT2D eigenvalue weighted by atomic mass is 10.2. The SMILES string of the molecule is CC[C@H](C)NC(=O)c1cc2ccccc2o1. The summed E-state index contributed by atoms with van der Waals surface area (Å²) in [6.07, 6.45) is 0.909. The van der Waals surface area contributed by atoms with Gasteiger partial charge in [-0.3, -0.25) is 4.79 Å². The molecule has 0 fully saturated rings. The van der Waals surface area contributed by atoms with Gasteiger partial charge in [-0.15, -0.1) is 0 Å². The van der Waals surface area contributed by atoms with E-state index in [0.29, 0.717) is 5.76 Å². The van der Waals surface area contributed by atoms with Crippen LogP contribution in [0.25, 0.3) is 11.0 Å². The second-order valence-corrected chi connectivity index (χ2v) is 3.93. The van der Waals surface area contributed by atoms with E-state index in [4.69, 9.17) is 4.42 Å². The van der Waals surface area contributed by atoms with Crippen molar-refractivity contribution in [1.29, 1.82) is 0 Å². The normalized spacial score (nSPS) is 12.6. The van der Waals surface area contributed by atoms with Gasteiger partial charge in [0.25, 0.3) is 5.91 Å². The number of carbonyl (C=O) groups excluding carboxylic acids is 1. The molecule has 1 amide bonds. The average molecular weight is 217 g/mol. The summed E-state index contributed by atoms with van der Waals surface area (Å²) >= 11 is 0. The number of hydrogen-bond donors (Lipinski definition) is 1. The highest BCUT2D eigenvalue weighted by atomic mass is 16.3. The zero-order valence-corrected chi connectivity index (χ0v) is 9.49. The van der Waals surface area contributed by atoms with Crippen LogP contribution in [0.3, 0.4) is 0 Å². The van der Waals surface area contributed by atoms with Crippen LogP contribution < -0.4 is 5.32 Å². The summed E-state index contributed by atoms with van der Waals surface area (Å²) in [6.45, 7) is 4.00. The summed E-state index contributed by atoms with van der Waals surface area (Å²) in [5.41, 5.74) is 0.747. The van der Waals surface area contributed by atoms with Gasteiger partial charge in [0.15, 0.2) is 5.76 Å². The first-order valence-corrected chi connectivity index (χ1v) is 5.50. The van der Waals surface area contributed by atoms with Crippen molar-refractivity contribution in [1.82, 2.24) is 5.32 Å². The van der Waals surface area contributed by atoms with E-state index >= 15 is 0 Å². The van der Waals surface area contributed by atoms with Gasteiger partial charge in [0.2, 0.25) is 0 Å². The minimum atomic E-state index is -0.148. The van der Waals surface area contributed by atoms with E-state index in [9.17, 15) is 4.79 Å². The quantitative estimate of drug-likeness (QED) is 0.858. The van der Waals surface area contributed by atoms with Crippen molar-refractivity contribution in [3.63, 3.8) is 0 Å². The smallest absolute Gasteiger partial charge is 0.287 e. The van der Waals surface area contributed by atoms with Crippen LogP contribution in [0.2, 0.25) is 0 Å². The van der Waals surface area contributed by atoms with E-state index in [1.807, 2.05) is 38.1 Å². The van der Waals surface area contributed by atoms with E-state index in [1.54, 1.807) is 6.07 Å². The maximum atomic E-state index is 11.8. The molecule has 0 saturated heterocycles. The number of rotatable bonds is 3. The zero-order chi connectivity index (χ0) is 11.5. The van der Waals surface area contributed by atoms with Crippen molar-refractivity contribution >= 4 is 16.9 Å². The monoisotopic (exact) mass is 217 g/mol. The third-order valence-electron chi connectivity index (χ3n) is 2.64. The molecule has 1 atom stereocenters. The standard InChI is InChI=1S/C13H15NO2/c1-3-9(2)14-13(15)12-8-10-6-4-5-7-11(10)16-12/h4-9H,3H2,1-2H3,(H,14,15)/t9-/m0/s1. The molecule has 1 aromatic carbocycles. The Hall–Kier alpha value is -1.77. The van der Waals surface area contributed by atoms with Crippen molar-refractivity contribution in [2.75, 3.05) is 0 Å². The summed E-state index contributed by atoms with van der Waals surface area (Å²) in [6, 6.07) is 9.54. The van der Waals surface area contributed by atoms with E-state index in [-0.39, 0.29) is 11.9 Å². The van der Waals surface area contributed by atoms with Gasteiger partial charge in [0.05, 0.1) is 0 Å². The summed E-state index contributed by atoms with van der Waals surface area (Å²) < 4.78 is 5.46. The third kappa shape index (κ3) is 2.08. The van der Waals surface area contributed by atoms with Gasteiger partial charge in [-0.1, -0.05) is 25.1 Å². The topological polar surface area (TPSA) is 42.2 Å². The highest BCUT2D eigenvalue weighted by molar-refractivity contribution is 5.96. The predicted molar refractivity (Wildman–Crippen MR) is 63.4 cm³/mol. The Balaban J connectivity index is 2.23. The lowest BCUT2D eigenvalue weighted by molar-refractivity contribution is 0.0913. The van der Waals surface area contributed by atoms with Gasteiger partial charge in [0, 0.05) is 11.4 Å². The number of benzene rings is 1. The molecule has 1 heterocycles. The molecule has 0 saturated carbocycles. The fourth-order valence-corrected chi connectivity index (χ4v) is 1.49. The van der Waals surface area contributed by atoms with Gasteiger partial charge >= 0.3 is 0 Å². The van der Waals surface area contributed by atoms with Gasteiger partial charge in [-0.05, 0) is 25.5 Å². The van der Waals surface area contributed by atoms with Crippen LogP contribution in [0.1, 0.15) is 30.8 Å². The van der Waals surface area contributed by atoms with Crippen molar-refractivity contribution in [3.05, 3.63) is 36.1 Å². The van der Waals surface area contributed by atoms with E-state index in [1.165, 1.54) is 0 Å². The number of fused-ring (bicyclic) bond motifs is 1. The van der Waals surface area contributed by atoms with Gasteiger partial charge in [-0.25, -0.2) is 0 Å². The average Bonchev–Trinajstić information content (AvgIpc) is 2.72. The minimum absolute atomic E-state index is 0.148. The highest BCUT2D eigenvalue weighted by Crippen LogP contribution is 2.18. The molecule has 84 valence electrons. The third-order valence-corrected chi connectivity index (χ3v) is 2.64. The van der Waals surface area contributed by atoms with Crippen LogP contribution in [0.5, 0.6) is 0 Å². The molecular formula is C13H15NO2. The zero-order valence-electron chi connectivity index (χ0n) is 9.49. The highest BCUT2D eigenvalue weighted by Gasteiger charge is 2.13. The molecule has 1 N–H and O–H groups in total. The van der Waals surface area contributed by atoms with Crippen molar-refractivity contribution in [3.8, 4) is 0 Å². The van der Waals surface area contributed by atoms with E-state index < -0.39 is 0 Å². The molecule has 0 unspecified atom stereocenters. The molecule has 1 aromatic heterocycles. The molecular weight excluding hydrogens is 202 g/mol. The second-order valence-electron chi connectivity index (χ2n) is 3.93. The molecule has 0 radical (unpaired) electrons. The fourth-order valence-electron chi connectivity index (χ4n) is 1.49. The van der Waals surface area contributed by atoms with Gasteiger partial charge in [0.1, 0.15) is 5.58 Å². The Morgan fingerprint density at radius 2 is 2.19 bits per heavy atom. The molecule has 2 rings (SSSR count). The lowest BCUT2D eigenvalue weighted by Crippen LogP contribution is -2.31. The van der Waals surface area contributed by atoms with Crippen molar-refractivity contribution in [2.24, 2.45) is 0 Å². The summed E-state index contributed by atoms with van der Waals surface area (Å²) in [4.78, 5) is 11.8. The largest absolute Gasteiger partial charge is 0.451 e. The van der Waals surface area contributed by atoms with E-state index in [0.717, 1.165) is 17.4 Å². The Morgan fingerprint density at radius 3 is 2.88 bits per heavy atom. The first-order chi connectivity index (χ1) is 7.70. The Labute approximate surface area is 94.4 Å². The van der Waals surface area contributed by atoms with Crippen molar-refractivity contribution < 1.29 is 9.21 Å². The second kappa shape index (κ2) is 4.39. The van der Waals surface area contributed by atoms with Crippen LogP contribution >= 0.6 is 0 Å². The minimum Gasteiger partial charge on any atom is -0.451 e. The molecule has 0 spiro atoms. The van der Waals surface area contributed by atoms with E-state index in [2.05, 4.69) is 5.32 Å². The number of furan rings is 1. The Kier molecular flexibility index (Phi) is 2.95. The van der Waals surface area contributed by atoms with Crippen LogP contribution in [0, 0.1) is 0 Å². The van der Waals surface area contributed by atoms with Crippen molar-refractivity contribution in [2.45, 2.75) is 26.3 Å². The first-order valence-electron chi connectivity index (χ1n) is 5.50. The molecule has 3 heteroatoms. The summed E-state index contributed by atoms with van der Waals surface area (Å²) in [5, 5.41) is 3.83.